The van der Waals surface area contributed by atoms with Crippen LogP contribution < -0.4 is 0 Å². The monoisotopic (exact) mass is 276 g/mol. The van der Waals surface area contributed by atoms with Gasteiger partial charge in [0.25, 0.3) is 0 Å². The van der Waals surface area contributed by atoms with E-state index in [1.165, 1.54) is 22.2 Å². The zero-order chi connectivity index (χ0) is 10.4. The maximum atomic E-state index is 5.59. The molecule has 0 atom stereocenters. The average Bonchev–Trinajstić information content (AvgIpc) is 2.51. The summed E-state index contributed by atoms with van der Waals surface area (Å²) in [4.78, 5) is 1.29. The number of hydrogen-bond donors (Lipinski definition) is 0. The minimum absolute atomic E-state index is 0.746. The summed E-state index contributed by atoms with van der Waals surface area (Å²) in [7, 11) is 0. The van der Waals surface area contributed by atoms with Crippen molar-refractivity contribution in [1.29, 1.82) is 0 Å². The highest BCUT2D eigenvalue weighted by atomic mass is 79.9. The first-order chi connectivity index (χ1) is 6.70. The van der Waals surface area contributed by atoms with Gasteiger partial charge < -0.3 is 4.74 Å². The number of thiophene rings is 1. The first-order valence-electron chi connectivity index (χ1n) is 4.99. The minimum atomic E-state index is 0.746. The molecule has 0 spiro atoms. The van der Waals surface area contributed by atoms with Gasteiger partial charge in [0.05, 0.1) is 6.61 Å². The lowest BCUT2D eigenvalue weighted by molar-refractivity contribution is 0.116. The molecule has 0 amide bonds. The Morgan fingerprint density at radius 1 is 1.50 bits per heavy atom. The molecule has 0 fully saturated rings. The van der Waals surface area contributed by atoms with E-state index in [0.717, 1.165) is 19.1 Å². The van der Waals surface area contributed by atoms with Crippen LogP contribution in [0, 0.1) is 5.92 Å². The lowest BCUT2D eigenvalue weighted by Gasteiger charge is -2.05. The zero-order valence-corrected chi connectivity index (χ0v) is 11.2. The highest BCUT2D eigenvalue weighted by molar-refractivity contribution is 9.10. The van der Waals surface area contributed by atoms with Crippen molar-refractivity contribution in [2.24, 2.45) is 5.92 Å². The fraction of sp³-hybridized carbons (Fsp3) is 0.636. The molecule has 1 rings (SSSR count). The molecular formula is C11H17BrOS. The van der Waals surface area contributed by atoms with Crippen LogP contribution in [0.15, 0.2) is 15.9 Å². The maximum absolute atomic E-state index is 5.59. The molecule has 1 aromatic rings. The Kier molecular flexibility index (Phi) is 5.75. The van der Waals surface area contributed by atoms with Crippen molar-refractivity contribution in [2.75, 3.05) is 6.61 Å². The third-order valence-corrected chi connectivity index (χ3v) is 3.89. The van der Waals surface area contributed by atoms with Crippen LogP contribution in [0.2, 0.25) is 0 Å². The molecule has 1 nitrogen and oxygen atoms in total. The number of rotatable bonds is 6. The molecule has 3 heteroatoms. The second kappa shape index (κ2) is 6.59. The van der Waals surface area contributed by atoms with Gasteiger partial charge in [-0.15, -0.1) is 11.3 Å². The standard InChI is InChI=1S/C11H17BrOS/c1-9(2)4-3-6-13-8-11-10(12)5-7-14-11/h5,7,9H,3-4,6,8H2,1-2H3. The lowest BCUT2D eigenvalue weighted by atomic mass is 10.1. The average molecular weight is 277 g/mol. The van der Waals surface area contributed by atoms with Gasteiger partial charge in [0, 0.05) is 16.0 Å². The summed E-state index contributed by atoms with van der Waals surface area (Å²) < 4.78 is 6.76. The van der Waals surface area contributed by atoms with Gasteiger partial charge in [-0.1, -0.05) is 13.8 Å². The largest absolute Gasteiger partial charge is 0.376 e. The summed E-state index contributed by atoms with van der Waals surface area (Å²) in [6.45, 7) is 6.12. The Morgan fingerprint density at radius 2 is 2.29 bits per heavy atom. The van der Waals surface area contributed by atoms with Crippen molar-refractivity contribution in [1.82, 2.24) is 0 Å². The highest BCUT2D eigenvalue weighted by Crippen LogP contribution is 2.23. The van der Waals surface area contributed by atoms with Crippen LogP contribution in [0.3, 0.4) is 0 Å². The summed E-state index contributed by atoms with van der Waals surface area (Å²) in [6.07, 6.45) is 2.42. The molecule has 0 saturated carbocycles. The van der Waals surface area contributed by atoms with E-state index in [0.29, 0.717) is 0 Å². The normalized spacial score (nSPS) is 11.1. The molecule has 0 N–H and O–H groups in total. The first kappa shape index (κ1) is 12.2. The van der Waals surface area contributed by atoms with E-state index in [2.05, 4.69) is 41.2 Å². The summed E-state index contributed by atoms with van der Waals surface area (Å²) in [5.41, 5.74) is 0. The Hall–Kier alpha value is 0.140. The number of ether oxygens (including phenoxy) is 1. The van der Waals surface area contributed by atoms with Crippen molar-refractivity contribution in [2.45, 2.75) is 33.3 Å². The minimum Gasteiger partial charge on any atom is -0.376 e. The Bertz CT molecular complexity index is 258. The molecule has 1 aromatic heterocycles. The molecular weight excluding hydrogens is 260 g/mol. The quantitative estimate of drug-likeness (QED) is 0.697. The van der Waals surface area contributed by atoms with Gasteiger partial charge in [-0.3, -0.25) is 0 Å². The first-order valence-corrected chi connectivity index (χ1v) is 6.67. The van der Waals surface area contributed by atoms with Crippen LogP contribution in [-0.4, -0.2) is 6.61 Å². The third-order valence-electron chi connectivity index (χ3n) is 1.99. The van der Waals surface area contributed by atoms with Gasteiger partial charge in [-0.05, 0) is 46.1 Å². The molecule has 0 aliphatic carbocycles. The van der Waals surface area contributed by atoms with Crippen LogP contribution in [0.1, 0.15) is 31.6 Å². The molecule has 0 radical (unpaired) electrons. The molecule has 1 heterocycles. The molecule has 0 unspecified atom stereocenters. The van der Waals surface area contributed by atoms with E-state index in [1.54, 1.807) is 11.3 Å². The van der Waals surface area contributed by atoms with E-state index in [4.69, 9.17) is 4.74 Å². The molecule has 80 valence electrons. The third kappa shape index (κ3) is 4.58. The topological polar surface area (TPSA) is 9.23 Å². The van der Waals surface area contributed by atoms with E-state index in [9.17, 15) is 0 Å². The van der Waals surface area contributed by atoms with Crippen LogP contribution in [0.4, 0.5) is 0 Å². The molecule has 0 aliphatic rings. The maximum Gasteiger partial charge on any atom is 0.0820 e. The van der Waals surface area contributed by atoms with Gasteiger partial charge >= 0.3 is 0 Å². The summed E-state index contributed by atoms with van der Waals surface area (Å²) in [5, 5.41) is 2.08. The fourth-order valence-corrected chi connectivity index (χ4v) is 2.59. The molecule has 0 saturated heterocycles. The van der Waals surface area contributed by atoms with Crippen molar-refractivity contribution < 1.29 is 4.74 Å². The predicted molar refractivity (Wildman–Crippen MR) is 65.7 cm³/mol. The van der Waals surface area contributed by atoms with E-state index >= 15 is 0 Å². The van der Waals surface area contributed by atoms with Crippen molar-refractivity contribution in [3.05, 3.63) is 20.8 Å². The molecule has 14 heavy (non-hydrogen) atoms. The molecule has 0 aromatic carbocycles. The van der Waals surface area contributed by atoms with E-state index in [-0.39, 0.29) is 0 Å². The van der Waals surface area contributed by atoms with E-state index in [1.807, 2.05) is 0 Å². The van der Waals surface area contributed by atoms with Gasteiger partial charge in [-0.2, -0.15) is 0 Å². The molecule has 0 bridgehead atoms. The van der Waals surface area contributed by atoms with Crippen molar-refractivity contribution in [3.63, 3.8) is 0 Å². The number of halogens is 1. The summed E-state index contributed by atoms with van der Waals surface area (Å²) in [5.74, 6) is 0.784. The van der Waals surface area contributed by atoms with Crippen molar-refractivity contribution in [3.8, 4) is 0 Å². The predicted octanol–water partition coefficient (Wildman–Crippen LogP) is 4.46. The Balaban J connectivity index is 2.08. The lowest BCUT2D eigenvalue weighted by Crippen LogP contribution is -1.96. The fourth-order valence-electron chi connectivity index (χ4n) is 1.19. The highest BCUT2D eigenvalue weighted by Gasteiger charge is 2.00. The van der Waals surface area contributed by atoms with Crippen LogP contribution in [0.25, 0.3) is 0 Å². The van der Waals surface area contributed by atoms with Gasteiger partial charge in [0.15, 0.2) is 0 Å². The smallest absolute Gasteiger partial charge is 0.0820 e. The SMILES string of the molecule is CC(C)CCCOCc1sccc1Br. The van der Waals surface area contributed by atoms with Gasteiger partial charge in [0.1, 0.15) is 0 Å². The summed E-state index contributed by atoms with van der Waals surface area (Å²) in [6, 6.07) is 2.07. The second-order valence-corrected chi connectivity index (χ2v) is 5.64. The second-order valence-electron chi connectivity index (χ2n) is 3.78. The van der Waals surface area contributed by atoms with Gasteiger partial charge in [0.2, 0.25) is 0 Å². The van der Waals surface area contributed by atoms with E-state index < -0.39 is 0 Å². The zero-order valence-electron chi connectivity index (χ0n) is 8.75. The van der Waals surface area contributed by atoms with Crippen LogP contribution >= 0.6 is 27.3 Å². The molecule has 0 aliphatic heterocycles. The Labute approximate surface area is 98.6 Å². The van der Waals surface area contributed by atoms with Gasteiger partial charge in [-0.25, -0.2) is 0 Å². The number of hydrogen-bond acceptors (Lipinski definition) is 2. The van der Waals surface area contributed by atoms with Crippen LogP contribution in [-0.2, 0) is 11.3 Å². The summed E-state index contributed by atoms with van der Waals surface area (Å²) >= 11 is 5.23. The van der Waals surface area contributed by atoms with Crippen molar-refractivity contribution >= 4 is 27.3 Å². The van der Waals surface area contributed by atoms with Crippen LogP contribution in [0.5, 0.6) is 0 Å². The Morgan fingerprint density at radius 3 is 2.86 bits per heavy atom.